The van der Waals surface area contributed by atoms with Crippen LogP contribution in [0.5, 0.6) is 0 Å². The van der Waals surface area contributed by atoms with Crippen LogP contribution >= 0.6 is 11.3 Å². The van der Waals surface area contributed by atoms with Gasteiger partial charge in [0.05, 0.1) is 92.0 Å². The highest BCUT2D eigenvalue weighted by Gasteiger charge is 2.55. The van der Waals surface area contributed by atoms with Crippen molar-refractivity contribution in [1.82, 2.24) is 55.9 Å². The maximum absolute atomic E-state index is 14.9. The van der Waals surface area contributed by atoms with Gasteiger partial charge in [-0.15, -0.1) is 16.4 Å². The van der Waals surface area contributed by atoms with Gasteiger partial charge in [0.15, 0.2) is 12.9 Å². The summed E-state index contributed by atoms with van der Waals surface area (Å²) in [4.78, 5) is 110. The van der Waals surface area contributed by atoms with Crippen LogP contribution in [0.4, 0.5) is 0 Å². The molecule has 3 aromatic rings. The molecule has 584 valence electrons. The average Bonchev–Trinajstić information content (AvgIpc) is 1.40. The zero-order chi connectivity index (χ0) is 77.0. The highest BCUT2D eigenvalue weighted by atomic mass is 32.1. The number of aromatic nitrogens is 4. The van der Waals surface area contributed by atoms with E-state index in [-0.39, 0.29) is 49.7 Å². The summed E-state index contributed by atoms with van der Waals surface area (Å²) in [5.41, 5.74) is 1.35. The molecule has 0 radical (unpaired) electrons. The molecule has 0 spiro atoms. The number of methoxy groups -OCH3 is 2. The van der Waals surface area contributed by atoms with Crippen LogP contribution in [-0.2, 0) is 81.5 Å². The van der Waals surface area contributed by atoms with Crippen LogP contribution in [0.1, 0.15) is 110 Å². The summed E-state index contributed by atoms with van der Waals surface area (Å²) in [6.07, 6.45) is -15.6. The van der Waals surface area contributed by atoms with Crippen molar-refractivity contribution in [3.8, 4) is 0 Å². The number of hydrogen-bond donors (Lipinski definition) is 14. The summed E-state index contributed by atoms with van der Waals surface area (Å²) in [5, 5.41) is 131. The molecule has 1 aromatic carbocycles. The van der Waals surface area contributed by atoms with Crippen LogP contribution in [-0.4, -0.2) is 310 Å². The van der Waals surface area contributed by atoms with E-state index in [9.17, 15) is 84.6 Å². The van der Waals surface area contributed by atoms with Gasteiger partial charge in [0.2, 0.25) is 29.5 Å². The molecule has 0 aliphatic carbocycles. The Balaban J connectivity index is 0.983. The largest absolute Gasteiger partial charge is 0.477 e. The lowest BCUT2D eigenvalue weighted by molar-refractivity contribution is -0.320. The maximum Gasteiger partial charge on any atom is 0.364 e. The van der Waals surface area contributed by atoms with E-state index in [0.717, 1.165) is 28.4 Å². The van der Waals surface area contributed by atoms with Crippen LogP contribution in [0.2, 0.25) is 0 Å². The van der Waals surface area contributed by atoms with Crippen LogP contribution in [0.25, 0.3) is 0 Å². The second-order valence-electron chi connectivity index (χ2n) is 27.7. The fourth-order valence-corrected chi connectivity index (χ4v) is 14.2. The number of likely N-dealkylation sites (N-methyl/N-ethyl adjacent to an activating group) is 2. The number of aliphatic hydroxyl groups excluding tert-OH is 9. The van der Waals surface area contributed by atoms with E-state index in [4.69, 9.17) is 28.5 Å². The molecule has 6 amide bonds. The molecule has 14 N–H and O–H groups in total. The van der Waals surface area contributed by atoms with Crippen molar-refractivity contribution in [2.75, 3.05) is 61.2 Å². The number of ether oxygens (including phenoxy) is 5. The Morgan fingerprint density at radius 1 is 0.894 bits per heavy atom. The van der Waals surface area contributed by atoms with E-state index in [2.05, 4.69) is 41.7 Å². The number of benzene rings is 1. The lowest BCUT2D eigenvalue weighted by Crippen LogP contribution is -2.65. The van der Waals surface area contributed by atoms with Crippen molar-refractivity contribution in [1.29, 1.82) is 0 Å². The fraction of sp³-hybridized carbons (Fsp3) is 0.721. The normalized spacial score (nSPS) is 25.8. The molecule has 0 bridgehead atoms. The highest BCUT2D eigenvalue weighted by Crippen LogP contribution is 2.34. The van der Waals surface area contributed by atoms with Gasteiger partial charge >= 0.3 is 5.97 Å². The first-order valence-corrected chi connectivity index (χ1v) is 35.8. The van der Waals surface area contributed by atoms with Gasteiger partial charge in [-0.2, -0.15) is 0 Å². The molecule has 3 aliphatic rings. The van der Waals surface area contributed by atoms with Gasteiger partial charge in [-0.25, -0.2) is 14.5 Å². The van der Waals surface area contributed by atoms with E-state index in [1.165, 1.54) is 41.5 Å². The molecule has 5 heterocycles. The van der Waals surface area contributed by atoms with Gasteiger partial charge in [0, 0.05) is 78.4 Å². The smallest absolute Gasteiger partial charge is 0.364 e. The molecule has 2 aromatic heterocycles. The minimum Gasteiger partial charge on any atom is -0.477 e. The minimum absolute atomic E-state index is 0.0331. The number of likely N-dealkylation sites (tertiary alicyclic amines) is 1. The summed E-state index contributed by atoms with van der Waals surface area (Å²) in [7, 11) is 6.19. The molecule has 3 fully saturated rings. The first kappa shape index (κ1) is 86.1. The van der Waals surface area contributed by atoms with Gasteiger partial charge in [-0.3, -0.25) is 33.7 Å². The number of aliphatic carboxylic acids is 1. The third-order valence-electron chi connectivity index (χ3n) is 19.4. The van der Waals surface area contributed by atoms with Crippen LogP contribution in [0.15, 0.2) is 53.3 Å². The van der Waals surface area contributed by atoms with E-state index in [1.807, 2.05) is 49.6 Å². The number of carboxylic acids is 1. The zero-order valence-electron chi connectivity index (χ0n) is 60.9. The first-order chi connectivity index (χ1) is 49.2. The SMILES string of the molecule is CCC(C)C(C(CC(=O)N1CCCC1C(OC)C(C)C(=O)NC(Cc1ccccc1)c1nccs1)OC)N(C)C(=O)C(NC(=O)C(C(C)C)N(C)CC(O)C(O)C(O)C(O)Cn1cc(CCNC(=O)CO/N=C/C2OC(OCC3OC(O)C(O)C(O)C3O)(C(=O)O)CC(O)C2NC(C)=O)nn1)C(C)C. The number of carboxylic acid groups (broad SMARTS) is 1. The van der Waals surface area contributed by atoms with Crippen LogP contribution in [0.3, 0.4) is 0 Å². The molecular formula is C68H108N12O23S. The van der Waals surface area contributed by atoms with Gasteiger partial charge in [0.25, 0.3) is 11.7 Å². The Bertz CT molecular complexity index is 3230. The molecular weight excluding hydrogens is 1380 g/mol. The number of oxime groups is 1. The Morgan fingerprint density at radius 3 is 2.20 bits per heavy atom. The summed E-state index contributed by atoms with van der Waals surface area (Å²) in [6, 6.07) is 4.97. The van der Waals surface area contributed by atoms with Crippen LogP contribution in [0, 0.1) is 23.7 Å². The van der Waals surface area contributed by atoms with Crippen molar-refractivity contribution in [3.05, 3.63) is 64.4 Å². The molecule has 36 heteroatoms. The number of carbonyl (C=O) groups is 7. The molecule has 0 saturated carbocycles. The third-order valence-corrected chi connectivity index (χ3v) is 20.3. The fourth-order valence-electron chi connectivity index (χ4n) is 13.5. The number of rotatable bonds is 40. The number of thiazole rings is 1. The number of aliphatic hydroxyl groups is 9. The second-order valence-corrected chi connectivity index (χ2v) is 28.7. The number of hydrogen-bond acceptors (Lipinski definition) is 28. The highest BCUT2D eigenvalue weighted by molar-refractivity contribution is 7.09. The summed E-state index contributed by atoms with van der Waals surface area (Å²) < 4.78 is 29.5. The number of nitrogens with zero attached hydrogens (tertiary/aromatic N) is 8. The van der Waals surface area contributed by atoms with E-state index in [1.54, 1.807) is 59.9 Å². The predicted molar refractivity (Wildman–Crippen MR) is 371 cm³/mol. The summed E-state index contributed by atoms with van der Waals surface area (Å²) in [5.74, 6) is -9.01. The molecule has 35 nitrogen and oxygen atoms in total. The summed E-state index contributed by atoms with van der Waals surface area (Å²) in [6.45, 7) is 12.0. The topological polar surface area (TPSA) is 491 Å². The van der Waals surface area contributed by atoms with E-state index >= 15 is 0 Å². The van der Waals surface area contributed by atoms with Crippen molar-refractivity contribution < 1.29 is 113 Å². The molecule has 22 atom stereocenters. The van der Waals surface area contributed by atoms with Crippen molar-refractivity contribution in [2.45, 2.75) is 228 Å². The average molecular weight is 1490 g/mol. The van der Waals surface area contributed by atoms with E-state index in [0.29, 0.717) is 37.9 Å². The van der Waals surface area contributed by atoms with Gasteiger partial charge in [-0.05, 0) is 49.6 Å². The van der Waals surface area contributed by atoms with Gasteiger partial charge < -0.3 is 111 Å². The lowest BCUT2D eigenvalue weighted by atomic mass is 9.89. The maximum atomic E-state index is 14.9. The third kappa shape index (κ3) is 22.8. The number of nitrogens with one attached hydrogen (secondary N) is 4. The molecule has 104 heavy (non-hydrogen) atoms. The lowest BCUT2D eigenvalue weighted by Gasteiger charge is -2.44. The zero-order valence-corrected chi connectivity index (χ0v) is 61.7. The van der Waals surface area contributed by atoms with E-state index < -0.39 is 189 Å². The van der Waals surface area contributed by atoms with Crippen molar-refractivity contribution in [2.24, 2.45) is 28.8 Å². The minimum atomic E-state index is -2.69. The first-order valence-electron chi connectivity index (χ1n) is 35.0. The number of amides is 6. The Kier molecular flexibility index (Phi) is 33.3. The van der Waals surface area contributed by atoms with Crippen molar-refractivity contribution >= 4 is 59.0 Å². The molecule has 3 aliphatic heterocycles. The predicted octanol–water partition coefficient (Wildman–Crippen LogP) is -2.79. The molecule has 3 saturated heterocycles. The Morgan fingerprint density at radius 2 is 1.59 bits per heavy atom. The molecule has 6 rings (SSSR count). The second kappa shape index (κ2) is 40.2. The Labute approximate surface area is 608 Å². The standard InChI is InChI=1S/C68H108N12O23S/c1-13-37(6)55(47(98-11)27-51(86)80-24-17-20-43(80)61(99-12)38(7)62(92)73-42(64-70-23-25-104-64)26-40-18-15-14-16-19-40)78(10)65(94)52(35(2)3)74-63(93)54(36(4)5)77(9)31-45(83)56(87)57(88)46(84)32-79-30-41(75-76-79)21-22-69-50(85)34-101-71-29-48-53(72-39(8)81)44(82)28-68(103-48,67(96)97)100-33-49-58(89)59(90)60(91)66(95)102-49/h14-16,18-19,23,25,29-30,35-38,42-49,52-61,66,82-84,87-91,95H,13,17,20-22,24,26-28,31-34H2,1-12H3,(H,69,85)(H,72,81)(H,73,92)(H,74,93)(H,96,97)/b71-29+. The van der Waals surface area contributed by atoms with Gasteiger partial charge in [-0.1, -0.05) is 95.6 Å². The monoisotopic (exact) mass is 1490 g/mol. The van der Waals surface area contributed by atoms with Crippen LogP contribution < -0.4 is 21.3 Å². The summed E-state index contributed by atoms with van der Waals surface area (Å²) >= 11 is 1.46. The Hall–Kier alpha value is -6.85. The van der Waals surface area contributed by atoms with Gasteiger partial charge in [0.1, 0.15) is 59.9 Å². The quantitative estimate of drug-likeness (QED) is 0.0202. The number of carbonyl (C=O) groups excluding carboxylic acids is 6. The van der Waals surface area contributed by atoms with Crippen molar-refractivity contribution in [3.63, 3.8) is 0 Å². The molecule has 22 unspecified atom stereocenters.